The van der Waals surface area contributed by atoms with E-state index in [1.807, 2.05) is 18.2 Å². The zero-order valence-electron chi connectivity index (χ0n) is 10.7. The standard InChI is InChI=1S/C14H21N3O/c18-14(8-7-12-5-1-3-9-15-12)17-11-13-6-2-4-10-16-13/h1,3,5,9,13,16H,2,4,6-8,10-11H2,(H,17,18). The third kappa shape index (κ3) is 4.45. The normalized spacial score (nSPS) is 19.4. The van der Waals surface area contributed by atoms with Crippen LogP contribution in [0, 0.1) is 0 Å². The number of amides is 1. The molecule has 0 spiro atoms. The number of hydrogen-bond acceptors (Lipinski definition) is 3. The van der Waals surface area contributed by atoms with Gasteiger partial charge >= 0.3 is 0 Å². The van der Waals surface area contributed by atoms with Crippen LogP contribution in [0.15, 0.2) is 24.4 Å². The molecule has 4 heteroatoms. The van der Waals surface area contributed by atoms with Gasteiger partial charge in [0.15, 0.2) is 0 Å². The van der Waals surface area contributed by atoms with Crippen molar-refractivity contribution in [3.05, 3.63) is 30.1 Å². The summed E-state index contributed by atoms with van der Waals surface area (Å²) >= 11 is 0. The van der Waals surface area contributed by atoms with Crippen molar-refractivity contribution in [1.29, 1.82) is 0 Å². The van der Waals surface area contributed by atoms with Crippen molar-refractivity contribution in [2.24, 2.45) is 0 Å². The van der Waals surface area contributed by atoms with Gasteiger partial charge in [-0.25, -0.2) is 0 Å². The first-order valence-corrected chi connectivity index (χ1v) is 6.74. The molecule has 1 amide bonds. The van der Waals surface area contributed by atoms with E-state index < -0.39 is 0 Å². The lowest BCUT2D eigenvalue weighted by Crippen LogP contribution is -2.43. The summed E-state index contributed by atoms with van der Waals surface area (Å²) in [6.07, 6.45) is 6.68. The van der Waals surface area contributed by atoms with E-state index in [9.17, 15) is 4.79 Å². The van der Waals surface area contributed by atoms with Gasteiger partial charge in [0, 0.05) is 30.9 Å². The van der Waals surface area contributed by atoms with Gasteiger partial charge in [0.25, 0.3) is 0 Å². The molecule has 1 aromatic rings. The minimum atomic E-state index is 0.119. The molecule has 1 unspecified atom stereocenters. The number of piperidine rings is 1. The maximum Gasteiger partial charge on any atom is 0.220 e. The van der Waals surface area contributed by atoms with Crippen molar-refractivity contribution in [2.45, 2.75) is 38.1 Å². The predicted molar refractivity (Wildman–Crippen MR) is 71.2 cm³/mol. The summed E-state index contributed by atoms with van der Waals surface area (Å²) in [5, 5.41) is 6.41. The Kier molecular flexibility index (Phi) is 5.15. The number of pyridine rings is 1. The molecule has 2 rings (SSSR count). The molecular formula is C14H21N3O. The molecule has 0 aliphatic carbocycles. The van der Waals surface area contributed by atoms with Gasteiger partial charge in [-0.15, -0.1) is 0 Å². The lowest BCUT2D eigenvalue weighted by Gasteiger charge is -2.23. The Hall–Kier alpha value is -1.42. The number of aryl methyl sites for hydroxylation is 1. The second-order valence-electron chi connectivity index (χ2n) is 4.77. The van der Waals surface area contributed by atoms with E-state index in [-0.39, 0.29) is 5.91 Å². The topological polar surface area (TPSA) is 54.0 Å². The molecule has 1 aliphatic rings. The highest BCUT2D eigenvalue weighted by Crippen LogP contribution is 2.06. The number of aromatic nitrogens is 1. The Bertz CT molecular complexity index is 361. The Balaban J connectivity index is 1.63. The van der Waals surface area contributed by atoms with Gasteiger partial charge in [-0.3, -0.25) is 9.78 Å². The number of carbonyl (C=O) groups is 1. The van der Waals surface area contributed by atoms with Crippen LogP contribution in [-0.4, -0.2) is 30.0 Å². The molecule has 0 aromatic carbocycles. The van der Waals surface area contributed by atoms with Crippen LogP contribution < -0.4 is 10.6 Å². The predicted octanol–water partition coefficient (Wildman–Crippen LogP) is 1.27. The summed E-state index contributed by atoms with van der Waals surface area (Å²) in [7, 11) is 0. The van der Waals surface area contributed by atoms with Crippen molar-refractivity contribution < 1.29 is 4.79 Å². The van der Waals surface area contributed by atoms with Crippen LogP contribution >= 0.6 is 0 Å². The van der Waals surface area contributed by atoms with Crippen LogP contribution in [0.4, 0.5) is 0 Å². The first kappa shape index (κ1) is 13.0. The minimum absolute atomic E-state index is 0.119. The van der Waals surface area contributed by atoms with Gasteiger partial charge in [0.05, 0.1) is 0 Å². The molecule has 0 bridgehead atoms. The first-order valence-electron chi connectivity index (χ1n) is 6.74. The Morgan fingerprint density at radius 1 is 1.44 bits per heavy atom. The van der Waals surface area contributed by atoms with Crippen LogP contribution in [-0.2, 0) is 11.2 Å². The average Bonchev–Trinajstić information content (AvgIpc) is 2.45. The third-order valence-corrected chi connectivity index (χ3v) is 3.29. The smallest absolute Gasteiger partial charge is 0.220 e. The van der Waals surface area contributed by atoms with Gasteiger partial charge in [0.1, 0.15) is 0 Å². The number of hydrogen-bond donors (Lipinski definition) is 2. The van der Waals surface area contributed by atoms with E-state index in [1.165, 1.54) is 19.3 Å². The molecule has 18 heavy (non-hydrogen) atoms. The molecule has 98 valence electrons. The largest absolute Gasteiger partial charge is 0.355 e. The summed E-state index contributed by atoms with van der Waals surface area (Å²) < 4.78 is 0. The van der Waals surface area contributed by atoms with Crippen LogP contribution in [0.25, 0.3) is 0 Å². The number of nitrogens with one attached hydrogen (secondary N) is 2. The van der Waals surface area contributed by atoms with Crippen molar-refractivity contribution >= 4 is 5.91 Å². The molecule has 2 heterocycles. The van der Waals surface area contributed by atoms with Crippen molar-refractivity contribution in [3.63, 3.8) is 0 Å². The van der Waals surface area contributed by atoms with E-state index in [4.69, 9.17) is 0 Å². The highest BCUT2D eigenvalue weighted by Gasteiger charge is 2.13. The first-order chi connectivity index (χ1) is 8.84. The fourth-order valence-corrected chi connectivity index (χ4v) is 2.21. The summed E-state index contributed by atoms with van der Waals surface area (Å²) in [5.41, 5.74) is 0.975. The van der Waals surface area contributed by atoms with Crippen LogP contribution in [0.3, 0.4) is 0 Å². The van der Waals surface area contributed by atoms with Gasteiger partial charge in [-0.2, -0.15) is 0 Å². The number of nitrogens with zero attached hydrogens (tertiary/aromatic N) is 1. The molecular weight excluding hydrogens is 226 g/mol. The van der Waals surface area contributed by atoms with Crippen molar-refractivity contribution in [3.8, 4) is 0 Å². The Morgan fingerprint density at radius 3 is 3.11 bits per heavy atom. The van der Waals surface area contributed by atoms with E-state index in [2.05, 4.69) is 15.6 Å². The molecule has 0 radical (unpaired) electrons. The lowest BCUT2D eigenvalue weighted by molar-refractivity contribution is -0.121. The Labute approximate surface area is 108 Å². The number of carbonyl (C=O) groups excluding carboxylic acids is 1. The highest BCUT2D eigenvalue weighted by molar-refractivity contribution is 5.76. The second-order valence-corrected chi connectivity index (χ2v) is 4.77. The number of rotatable bonds is 5. The average molecular weight is 247 g/mol. The minimum Gasteiger partial charge on any atom is -0.355 e. The highest BCUT2D eigenvalue weighted by atomic mass is 16.1. The molecule has 2 N–H and O–H groups in total. The summed E-state index contributed by atoms with van der Waals surface area (Å²) in [5.74, 6) is 0.119. The van der Waals surface area contributed by atoms with E-state index in [1.54, 1.807) is 6.20 Å². The maximum atomic E-state index is 11.7. The molecule has 1 saturated heterocycles. The van der Waals surface area contributed by atoms with E-state index >= 15 is 0 Å². The zero-order chi connectivity index (χ0) is 12.6. The van der Waals surface area contributed by atoms with Gasteiger partial charge in [0.2, 0.25) is 5.91 Å². The van der Waals surface area contributed by atoms with Crippen molar-refractivity contribution in [1.82, 2.24) is 15.6 Å². The quantitative estimate of drug-likeness (QED) is 0.824. The second kappa shape index (κ2) is 7.11. The van der Waals surface area contributed by atoms with Gasteiger partial charge < -0.3 is 10.6 Å². The molecule has 0 saturated carbocycles. The van der Waals surface area contributed by atoms with Gasteiger partial charge in [-0.1, -0.05) is 12.5 Å². The van der Waals surface area contributed by atoms with Gasteiger partial charge in [-0.05, 0) is 37.9 Å². The molecule has 1 aromatic heterocycles. The van der Waals surface area contributed by atoms with Crippen LogP contribution in [0.2, 0.25) is 0 Å². The lowest BCUT2D eigenvalue weighted by atomic mass is 10.1. The fraction of sp³-hybridized carbons (Fsp3) is 0.571. The molecule has 1 atom stereocenters. The van der Waals surface area contributed by atoms with E-state index in [0.717, 1.165) is 18.8 Å². The maximum absolute atomic E-state index is 11.7. The molecule has 4 nitrogen and oxygen atoms in total. The summed E-state index contributed by atoms with van der Waals surface area (Å²) in [4.78, 5) is 15.9. The van der Waals surface area contributed by atoms with Crippen LogP contribution in [0.1, 0.15) is 31.4 Å². The Morgan fingerprint density at radius 2 is 2.39 bits per heavy atom. The fourth-order valence-electron chi connectivity index (χ4n) is 2.21. The van der Waals surface area contributed by atoms with E-state index in [0.29, 0.717) is 18.9 Å². The zero-order valence-corrected chi connectivity index (χ0v) is 10.7. The summed E-state index contributed by atoms with van der Waals surface area (Å²) in [6, 6.07) is 6.25. The van der Waals surface area contributed by atoms with Crippen molar-refractivity contribution in [2.75, 3.05) is 13.1 Å². The van der Waals surface area contributed by atoms with Crippen LogP contribution in [0.5, 0.6) is 0 Å². The monoisotopic (exact) mass is 247 g/mol. The molecule has 1 aliphatic heterocycles. The molecule has 1 fully saturated rings. The SMILES string of the molecule is O=C(CCc1ccccn1)NCC1CCCCN1. The third-order valence-electron chi connectivity index (χ3n) is 3.29. The summed E-state index contributed by atoms with van der Waals surface area (Å²) in [6.45, 7) is 1.83.